The Labute approximate surface area is 285 Å². The van der Waals surface area contributed by atoms with Crippen LogP contribution < -0.4 is 15.4 Å². The average molecular weight is 752 g/mol. The highest BCUT2D eigenvalue weighted by Crippen LogP contribution is 2.38. The van der Waals surface area contributed by atoms with Crippen LogP contribution in [0.2, 0.25) is 10.0 Å². The SMILES string of the molecule is Cc1cc(Cl)cc(C(=O)NC(C)C)c1NC(=O)c1cc(CNS(=O)(=O)Cc2ccc(C(F)(F)F)cc2C(F)(F)F)nn1-c1ncccc1Cl. The van der Waals surface area contributed by atoms with Crippen molar-refractivity contribution < 1.29 is 44.3 Å². The van der Waals surface area contributed by atoms with Crippen molar-refractivity contribution in [3.63, 3.8) is 0 Å². The van der Waals surface area contributed by atoms with Crippen molar-refractivity contribution in [3.05, 3.63) is 104 Å². The smallest absolute Gasteiger partial charge is 0.350 e. The molecule has 2 aromatic carbocycles. The van der Waals surface area contributed by atoms with Gasteiger partial charge in [0.05, 0.1) is 45.4 Å². The van der Waals surface area contributed by atoms with Crippen LogP contribution in [0.15, 0.2) is 54.7 Å². The molecule has 2 amide bonds. The molecular weight excluding hydrogens is 725 g/mol. The molecule has 2 heterocycles. The van der Waals surface area contributed by atoms with Crippen molar-refractivity contribution in [2.45, 2.75) is 51.5 Å². The van der Waals surface area contributed by atoms with E-state index < -0.39 is 63.2 Å². The predicted molar refractivity (Wildman–Crippen MR) is 169 cm³/mol. The van der Waals surface area contributed by atoms with E-state index in [9.17, 15) is 44.3 Å². The van der Waals surface area contributed by atoms with E-state index in [1.807, 2.05) is 0 Å². The molecule has 4 aromatic rings. The van der Waals surface area contributed by atoms with Gasteiger partial charge in [0.15, 0.2) is 5.82 Å². The van der Waals surface area contributed by atoms with E-state index in [4.69, 9.17) is 23.2 Å². The number of benzene rings is 2. The van der Waals surface area contributed by atoms with E-state index in [-0.39, 0.29) is 50.6 Å². The molecule has 0 aliphatic rings. The molecule has 19 heteroatoms. The second-order valence-corrected chi connectivity index (χ2v) is 13.6. The van der Waals surface area contributed by atoms with Gasteiger partial charge in [0.2, 0.25) is 10.0 Å². The van der Waals surface area contributed by atoms with Crippen LogP contribution in [0.1, 0.15) is 62.6 Å². The molecule has 4 rings (SSSR count). The van der Waals surface area contributed by atoms with Crippen LogP contribution in [0.4, 0.5) is 32.0 Å². The number of aromatic nitrogens is 3. The quantitative estimate of drug-likeness (QED) is 0.151. The zero-order valence-corrected chi connectivity index (χ0v) is 27.9. The van der Waals surface area contributed by atoms with Gasteiger partial charge in [0.25, 0.3) is 11.8 Å². The Morgan fingerprint density at radius 3 is 2.27 bits per heavy atom. The molecule has 262 valence electrons. The minimum atomic E-state index is -5.28. The van der Waals surface area contributed by atoms with E-state index in [1.54, 1.807) is 20.8 Å². The highest BCUT2D eigenvalue weighted by molar-refractivity contribution is 7.88. The number of carbonyl (C=O) groups excluding carboxylic acids is 2. The Morgan fingerprint density at radius 1 is 0.959 bits per heavy atom. The number of carbonyl (C=O) groups is 2. The fourth-order valence-corrected chi connectivity index (χ4v) is 6.17. The first-order valence-corrected chi connectivity index (χ1v) is 16.4. The first-order valence-electron chi connectivity index (χ1n) is 14.0. The first kappa shape index (κ1) is 37.6. The Kier molecular flexibility index (Phi) is 11.0. The fraction of sp³-hybridized carbons (Fsp3) is 0.267. The standard InChI is InChI=1S/C30H26Cl2F6N6O4S/c1-15(2)41-27(45)21-11-19(31)9-16(3)25(21)42-28(46)24-12-20(43-44(24)26-23(32)5-4-8-39-26)13-40-49(47,48)14-17-6-7-18(29(33,34)35)10-22(17)30(36,37)38/h4-12,15,40H,13-14H2,1-3H3,(H,41,45)(H,42,46). The highest BCUT2D eigenvalue weighted by Gasteiger charge is 2.39. The van der Waals surface area contributed by atoms with Gasteiger partial charge in [0, 0.05) is 17.3 Å². The highest BCUT2D eigenvalue weighted by atomic mass is 35.5. The number of sulfonamides is 1. The van der Waals surface area contributed by atoms with Gasteiger partial charge in [-0.05, 0) is 74.4 Å². The second-order valence-electron chi connectivity index (χ2n) is 10.9. The largest absolute Gasteiger partial charge is 0.416 e. The lowest BCUT2D eigenvalue weighted by atomic mass is 10.0. The van der Waals surface area contributed by atoms with Crippen molar-refractivity contribution in [1.29, 1.82) is 0 Å². The van der Waals surface area contributed by atoms with Gasteiger partial charge < -0.3 is 10.6 Å². The molecule has 0 spiro atoms. The molecule has 0 unspecified atom stereocenters. The summed E-state index contributed by atoms with van der Waals surface area (Å²) in [7, 11) is -4.62. The molecule has 0 aliphatic carbocycles. The van der Waals surface area contributed by atoms with Crippen LogP contribution in [0, 0.1) is 6.92 Å². The summed E-state index contributed by atoms with van der Waals surface area (Å²) in [6, 6.07) is 7.34. The summed E-state index contributed by atoms with van der Waals surface area (Å²) in [5.74, 6) is -2.74. The number of alkyl halides is 6. The van der Waals surface area contributed by atoms with Gasteiger partial charge in [-0.3, -0.25) is 9.59 Å². The molecule has 0 saturated heterocycles. The van der Waals surface area contributed by atoms with Crippen molar-refractivity contribution in [2.24, 2.45) is 0 Å². The maximum absolute atomic E-state index is 13.7. The molecule has 0 saturated carbocycles. The molecule has 0 aliphatic heterocycles. The summed E-state index contributed by atoms with van der Waals surface area (Å²) < 4.78 is 109. The third-order valence-corrected chi connectivity index (χ3v) is 8.49. The number of nitrogens with one attached hydrogen (secondary N) is 3. The van der Waals surface area contributed by atoms with E-state index in [0.717, 1.165) is 10.7 Å². The van der Waals surface area contributed by atoms with E-state index in [2.05, 4.69) is 25.4 Å². The summed E-state index contributed by atoms with van der Waals surface area (Å²) >= 11 is 12.5. The number of rotatable bonds is 10. The molecule has 0 bridgehead atoms. The zero-order chi connectivity index (χ0) is 36.5. The lowest BCUT2D eigenvalue weighted by Gasteiger charge is -2.16. The summed E-state index contributed by atoms with van der Waals surface area (Å²) in [4.78, 5) is 30.8. The molecular formula is C30H26Cl2F6N6O4S. The molecule has 0 atom stereocenters. The lowest BCUT2D eigenvalue weighted by Crippen LogP contribution is -2.31. The predicted octanol–water partition coefficient (Wildman–Crippen LogP) is 6.93. The number of aryl methyl sites for hydroxylation is 1. The normalized spacial score (nSPS) is 12.3. The fourth-order valence-electron chi connectivity index (χ4n) is 4.56. The summed E-state index contributed by atoms with van der Waals surface area (Å²) in [6.07, 6.45) is -9.04. The number of halogens is 8. The van der Waals surface area contributed by atoms with Gasteiger partial charge in [-0.25, -0.2) is 22.8 Å². The third kappa shape index (κ3) is 9.29. The number of nitrogens with zero attached hydrogens (tertiary/aromatic N) is 3. The van der Waals surface area contributed by atoms with Gasteiger partial charge in [0.1, 0.15) is 5.69 Å². The minimum Gasteiger partial charge on any atom is -0.350 e. The van der Waals surface area contributed by atoms with Crippen molar-refractivity contribution in [1.82, 2.24) is 24.8 Å². The van der Waals surface area contributed by atoms with Gasteiger partial charge >= 0.3 is 12.4 Å². The third-order valence-electron chi connectivity index (χ3n) is 6.70. The summed E-state index contributed by atoms with van der Waals surface area (Å²) in [6.45, 7) is 4.40. The molecule has 2 aromatic heterocycles. The average Bonchev–Trinajstić information content (AvgIpc) is 3.40. The molecule has 0 radical (unpaired) electrons. The van der Waals surface area contributed by atoms with E-state index in [0.29, 0.717) is 17.7 Å². The van der Waals surface area contributed by atoms with Crippen LogP contribution in [-0.4, -0.2) is 41.0 Å². The van der Waals surface area contributed by atoms with Gasteiger partial charge in [-0.2, -0.15) is 31.4 Å². The van der Waals surface area contributed by atoms with Crippen LogP contribution >= 0.6 is 23.2 Å². The molecule has 0 fully saturated rings. The van der Waals surface area contributed by atoms with Crippen LogP contribution in [0.25, 0.3) is 5.82 Å². The lowest BCUT2D eigenvalue weighted by molar-refractivity contribution is -0.143. The maximum atomic E-state index is 13.7. The Balaban J connectivity index is 1.67. The zero-order valence-electron chi connectivity index (χ0n) is 25.6. The Morgan fingerprint density at radius 2 is 1.65 bits per heavy atom. The number of hydrogen-bond acceptors (Lipinski definition) is 6. The van der Waals surface area contributed by atoms with E-state index in [1.165, 1.54) is 30.5 Å². The summed E-state index contributed by atoms with van der Waals surface area (Å²) in [5.41, 5.74) is -4.07. The van der Waals surface area contributed by atoms with Crippen LogP contribution in [0.5, 0.6) is 0 Å². The van der Waals surface area contributed by atoms with E-state index >= 15 is 0 Å². The maximum Gasteiger partial charge on any atom is 0.416 e. The Hall–Kier alpha value is -4.19. The Bertz CT molecular complexity index is 2020. The molecule has 49 heavy (non-hydrogen) atoms. The van der Waals surface area contributed by atoms with Gasteiger partial charge in [-0.1, -0.05) is 29.3 Å². The van der Waals surface area contributed by atoms with Crippen molar-refractivity contribution in [3.8, 4) is 5.82 Å². The van der Waals surface area contributed by atoms with Crippen molar-refractivity contribution >= 4 is 50.7 Å². The first-order chi connectivity index (χ1) is 22.7. The topological polar surface area (TPSA) is 135 Å². The number of anilines is 1. The summed E-state index contributed by atoms with van der Waals surface area (Å²) in [5, 5.41) is 9.84. The van der Waals surface area contributed by atoms with Crippen LogP contribution in [0.3, 0.4) is 0 Å². The number of hydrogen-bond donors (Lipinski definition) is 3. The van der Waals surface area contributed by atoms with Crippen LogP contribution in [-0.2, 0) is 34.7 Å². The molecule has 3 N–H and O–H groups in total. The van der Waals surface area contributed by atoms with Crippen molar-refractivity contribution in [2.75, 3.05) is 5.32 Å². The molecule has 10 nitrogen and oxygen atoms in total. The monoisotopic (exact) mass is 750 g/mol. The number of pyridine rings is 1. The van der Waals surface area contributed by atoms with Gasteiger partial charge in [-0.15, -0.1) is 0 Å². The second kappa shape index (κ2) is 14.3. The minimum absolute atomic E-state index is 0.0356. The number of amides is 2.